The van der Waals surface area contributed by atoms with Gasteiger partial charge in [0.15, 0.2) is 0 Å². The van der Waals surface area contributed by atoms with Crippen molar-refractivity contribution in [1.29, 1.82) is 0 Å². The lowest BCUT2D eigenvalue weighted by Gasteiger charge is -2.45. The number of nitrogen functional groups attached to an aromatic ring is 1. The summed E-state index contributed by atoms with van der Waals surface area (Å²) < 4.78 is 44.8. The Kier molecular flexibility index (Phi) is 3.73. The normalized spacial score (nSPS) is 26.5. The summed E-state index contributed by atoms with van der Waals surface area (Å²) in [6.07, 6.45) is -0.0941. The second-order valence-electron chi connectivity index (χ2n) is 5.72. The van der Waals surface area contributed by atoms with Crippen LogP contribution in [0.25, 0.3) is 0 Å². The Bertz CT molecular complexity index is 516. The van der Waals surface area contributed by atoms with E-state index in [1.54, 1.807) is 6.07 Å². The highest BCUT2D eigenvalue weighted by molar-refractivity contribution is 5.60. The average molecular weight is 300 g/mol. The third-order valence-corrected chi connectivity index (χ3v) is 4.41. The summed E-state index contributed by atoms with van der Waals surface area (Å²) in [5, 5.41) is 0. The zero-order chi connectivity index (χ0) is 15.0. The van der Waals surface area contributed by atoms with Crippen molar-refractivity contribution in [3.05, 3.63) is 23.8 Å². The fraction of sp³-hybridized carbons (Fsp3) is 0.600. The molecule has 0 amide bonds. The van der Waals surface area contributed by atoms with Crippen LogP contribution in [0.4, 0.5) is 24.5 Å². The number of hydrogen-bond acceptors (Lipinski definition) is 3. The number of nitrogens with two attached hydrogens (primary N) is 1. The Hall–Kier alpha value is -1.43. The molecule has 2 fully saturated rings. The second-order valence-corrected chi connectivity index (χ2v) is 5.72. The standard InChI is InChI=1S/C15H19F3N2O/c16-15(17,18)11-9-10(5-6-12(11)19)20-7-8-21-14-4-2-1-3-13(14)20/h5-6,9,13-14H,1-4,7-8,19H2. The lowest BCUT2D eigenvalue weighted by molar-refractivity contribution is -0.136. The molecule has 1 saturated heterocycles. The van der Waals surface area contributed by atoms with E-state index in [-0.39, 0.29) is 17.8 Å². The minimum Gasteiger partial charge on any atom is -0.398 e. The van der Waals surface area contributed by atoms with Crippen LogP contribution in [0.1, 0.15) is 31.2 Å². The highest BCUT2D eigenvalue weighted by atomic mass is 19.4. The van der Waals surface area contributed by atoms with E-state index in [0.29, 0.717) is 18.8 Å². The number of hydrogen-bond donors (Lipinski definition) is 1. The second kappa shape index (κ2) is 5.40. The maximum atomic E-state index is 13.0. The number of halogens is 3. The molecule has 1 aliphatic carbocycles. The Balaban J connectivity index is 1.92. The molecule has 2 atom stereocenters. The monoisotopic (exact) mass is 300 g/mol. The van der Waals surface area contributed by atoms with Crippen LogP contribution in [-0.2, 0) is 10.9 Å². The molecule has 3 nitrogen and oxygen atoms in total. The topological polar surface area (TPSA) is 38.5 Å². The molecule has 3 rings (SSSR count). The van der Waals surface area contributed by atoms with E-state index >= 15 is 0 Å². The number of alkyl halides is 3. The van der Waals surface area contributed by atoms with Gasteiger partial charge in [-0.3, -0.25) is 0 Å². The van der Waals surface area contributed by atoms with Gasteiger partial charge in [-0.25, -0.2) is 0 Å². The quantitative estimate of drug-likeness (QED) is 0.808. The van der Waals surface area contributed by atoms with E-state index in [4.69, 9.17) is 10.5 Å². The molecule has 2 aliphatic rings. The molecule has 0 aromatic heterocycles. The zero-order valence-corrected chi connectivity index (χ0v) is 11.7. The molecule has 0 spiro atoms. The lowest BCUT2D eigenvalue weighted by atomic mass is 9.89. The van der Waals surface area contributed by atoms with Crippen LogP contribution in [-0.4, -0.2) is 25.3 Å². The number of fused-ring (bicyclic) bond motifs is 1. The molecular formula is C15H19F3N2O. The van der Waals surface area contributed by atoms with Crippen molar-refractivity contribution in [2.45, 2.75) is 44.0 Å². The third-order valence-electron chi connectivity index (χ3n) is 4.41. The first-order valence-electron chi connectivity index (χ1n) is 7.32. The molecule has 0 radical (unpaired) electrons. The largest absolute Gasteiger partial charge is 0.418 e. The van der Waals surface area contributed by atoms with Gasteiger partial charge in [-0.15, -0.1) is 0 Å². The molecule has 1 heterocycles. The first-order chi connectivity index (χ1) is 9.97. The van der Waals surface area contributed by atoms with Crippen molar-refractivity contribution in [2.24, 2.45) is 0 Å². The Morgan fingerprint density at radius 1 is 1.19 bits per heavy atom. The van der Waals surface area contributed by atoms with Crippen LogP contribution in [0.2, 0.25) is 0 Å². The summed E-state index contributed by atoms with van der Waals surface area (Å²) >= 11 is 0. The summed E-state index contributed by atoms with van der Waals surface area (Å²) in [5.41, 5.74) is 5.09. The van der Waals surface area contributed by atoms with Crippen LogP contribution < -0.4 is 10.6 Å². The SMILES string of the molecule is Nc1ccc(N2CCOC3CCCCC32)cc1C(F)(F)F. The van der Waals surface area contributed by atoms with Crippen molar-refractivity contribution < 1.29 is 17.9 Å². The number of rotatable bonds is 1. The summed E-state index contributed by atoms with van der Waals surface area (Å²) in [4.78, 5) is 2.06. The molecule has 1 aromatic carbocycles. The van der Waals surface area contributed by atoms with Crippen LogP contribution in [0.3, 0.4) is 0 Å². The molecule has 21 heavy (non-hydrogen) atoms. The van der Waals surface area contributed by atoms with Crippen LogP contribution in [0.5, 0.6) is 0 Å². The Morgan fingerprint density at radius 2 is 1.95 bits per heavy atom. The van der Waals surface area contributed by atoms with E-state index < -0.39 is 11.7 Å². The minimum absolute atomic E-state index is 0.138. The molecule has 0 bridgehead atoms. The highest BCUT2D eigenvalue weighted by Gasteiger charge is 2.37. The third kappa shape index (κ3) is 2.81. The van der Waals surface area contributed by atoms with Crippen molar-refractivity contribution >= 4 is 11.4 Å². The van der Waals surface area contributed by atoms with E-state index in [9.17, 15) is 13.2 Å². The van der Waals surface area contributed by atoms with Gasteiger partial charge in [-0.1, -0.05) is 12.8 Å². The predicted molar refractivity (Wildman–Crippen MR) is 75.2 cm³/mol. The minimum atomic E-state index is -4.42. The average Bonchev–Trinajstić information content (AvgIpc) is 2.46. The smallest absolute Gasteiger partial charge is 0.398 e. The number of morpholine rings is 1. The van der Waals surface area contributed by atoms with Gasteiger partial charge in [0.1, 0.15) is 0 Å². The molecular weight excluding hydrogens is 281 g/mol. The first-order valence-corrected chi connectivity index (χ1v) is 7.32. The van der Waals surface area contributed by atoms with Gasteiger partial charge in [-0.05, 0) is 31.0 Å². The number of anilines is 2. The Labute approximate surface area is 121 Å². The Morgan fingerprint density at radius 3 is 2.71 bits per heavy atom. The van der Waals surface area contributed by atoms with Gasteiger partial charge in [0, 0.05) is 17.9 Å². The van der Waals surface area contributed by atoms with Gasteiger partial charge in [0.2, 0.25) is 0 Å². The number of benzene rings is 1. The van der Waals surface area contributed by atoms with E-state index in [1.807, 2.05) is 0 Å². The highest BCUT2D eigenvalue weighted by Crippen LogP contribution is 2.38. The van der Waals surface area contributed by atoms with Crippen molar-refractivity contribution in [3.8, 4) is 0 Å². The van der Waals surface area contributed by atoms with Crippen LogP contribution >= 0.6 is 0 Å². The first kappa shape index (κ1) is 14.5. The van der Waals surface area contributed by atoms with Gasteiger partial charge in [0.25, 0.3) is 0 Å². The zero-order valence-electron chi connectivity index (χ0n) is 11.7. The maximum Gasteiger partial charge on any atom is 0.418 e. The summed E-state index contributed by atoms with van der Waals surface area (Å²) in [6, 6.07) is 4.39. The van der Waals surface area contributed by atoms with E-state index in [2.05, 4.69) is 4.90 Å². The van der Waals surface area contributed by atoms with E-state index in [0.717, 1.165) is 25.7 Å². The van der Waals surface area contributed by atoms with Crippen LogP contribution in [0, 0.1) is 0 Å². The van der Waals surface area contributed by atoms with Crippen molar-refractivity contribution in [3.63, 3.8) is 0 Å². The molecule has 116 valence electrons. The molecule has 1 aromatic rings. The molecule has 2 unspecified atom stereocenters. The van der Waals surface area contributed by atoms with Gasteiger partial charge >= 0.3 is 6.18 Å². The lowest BCUT2D eigenvalue weighted by Crippen LogP contribution is -2.52. The number of ether oxygens (including phenoxy) is 1. The molecule has 6 heteroatoms. The fourth-order valence-corrected chi connectivity index (χ4v) is 3.39. The van der Waals surface area contributed by atoms with Crippen LogP contribution in [0.15, 0.2) is 18.2 Å². The molecule has 2 N–H and O–H groups in total. The summed E-state index contributed by atoms with van der Waals surface area (Å²) in [7, 11) is 0. The number of nitrogens with zero attached hydrogens (tertiary/aromatic N) is 1. The van der Waals surface area contributed by atoms with Gasteiger partial charge < -0.3 is 15.4 Å². The van der Waals surface area contributed by atoms with E-state index in [1.165, 1.54) is 12.1 Å². The molecule has 1 saturated carbocycles. The maximum absolute atomic E-state index is 13.0. The predicted octanol–water partition coefficient (Wildman–Crippen LogP) is 3.44. The summed E-state index contributed by atoms with van der Waals surface area (Å²) in [6.45, 7) is 1.19. The fourth-order valence-electron chi connectivity index (χ4n) is 3.39. The van der Waals surface area contributed by atoms with Gasteiger partial charge in [0.05, 0.1) is 24.3 Å². The van der Waals surface area contributed by atoms with Crippen molar-refractivity contribution in [1.82, 2.24) is 0 Å². The molecule has 1 aliphatic heterocycles. The van der Waals surface area contributed by atoms with Crippen molar-refractivity contribution in [2.75, 3.05) is 23.8 Å². The van der Waals surface area contributed by atoms with Gasteiger partial charge in [-0.2, -0.15) is 13.2 Å². The summed E-state index contributed by atoms with van der Waals surface area (Å²) in [5.74, 6) is 0.